The second kappa shape index (κ2) is 8.50. The number of anilines is 2. The molecule has 0 unspecified atom stereocenters. The average molecular weight is 402 g/mol. The molecule has 0 atom stereocenters. The third-order valence-electron chi connectivity index (χ3n) is 4.53. The smallest absolute Gasteiger partial charge is 0.279 e. The topological polar surface area (TPSA) is 104 Å². The lowest BCUT2D eigenvalue weighted by Gasteiger charge is -2.22. The number of benzene rings is 1. The average Bonchev–Trinajstić information content (AvgIpc) is 2.99. The molecule has 0 aliphatic carbocycles. The summed E-state index contributed by atoms with van der Waals surface area (Å²) in [5.41, 5.74) is 0.831. The van der Waals surface area contributed by atoms with E-state index in [1.54, 1.807) is 29.8 Å². The lowest BCUT2D eigenvalue weighted by molar-refractivity contribution is -0.114. The highest BCUT2D eigenvalue weighted by molar-refractivity contribution is 6.15. The zero-order chi connectivity index (χ0) is 20.2. The van der Waals surface area contributed by atoms with Crippen molar-refractivity contribution in [2.75, 3.05) is 56.4 Å². The number of amides is 2. The third kappa shape index (κ3) is 4.17. The first-order valence-corrected chi connectivity index (χ1v) is 9.31. The van der Waals surface area contributed by atoms with Gasteiger partial charge in [0.05, 0.1) is 32.8 Å². The van der Waals surface area contributed by atoms with Gasteiger partial charge in [0, 0.05) is 18.8 Å². The number of nitrogens with one attached hydrogen (secondary N) is 1. The van der Waals surface area contributed by atoms with E-state index in [4.69, 9.17) is 18.9 Å². The molecule has 0 saturated carbocycles. The molecule has 0 radical (unpaired) electrons. The molecule has 2 aromatic rings. The van der Waals surface area contributed by atoms with Crippen LogP contribution in [0.1, 0.15) is 10.5 Å². The number of hydrogen-bond donors (Lipinski definition) is 1. The van der Waals surface area contributed by atoms with Crippen LogP contribution in [0.4, 0.5) is 11.5 Å². The molecule has 0 saturated heterocycles. The van der Waals surface area contributed by atoms with Crippen molar-refractivity contribution in [1.29, 1.82) is 0 Å². The normalized spacial score (nSPS) is 18.2. The van der Waals surface area contributed by atoms with Crippen LogP contribution in [0.25, 0.3) is 0 Å². The van der Waals surface area contributed by atoms with Crippen molar-refractivity contribution >= 4 is 23.3 Å². The Morgan fingerprint density at radius 2 is 1.66 bits per heavy atom. The van der Waals surface area contributed by atoms with Gasteiger partial charge in [-0.25, -0.2) is 4.98 Å². The number of aryl methyl sites for hydroxylation is 1. The van der Waals surface area contributed by atoms with Gasteiger partial charge in [-0.05, 0) is 12.1 Å². The van der Waals surface area contributed by atoms with E-state index < -0.39 is 0 Å². The van der Waals surface area contributed by atoms with Crippen LogP contribution in [0, 0.1) is 0 Å². The van der Waals surface area contributed by atoms with Crippen LogP contribution in [-0.4, -0.2) is 67.6 Å². The molecule has 10 nitrogen and oxygen atoms in total. The predicted molar refractivity (Wildman–Crippen MR) is 103 cm³/mol. The molecule has 154 valence electrons. The van der Waals surface area contributed by atoms with Crippen LogP contribution in [0.3, 0.4) is 0 Å². The number of rotatable bonds is 1. The maximum Gasteiger partial charge on any atom is 0.279 e. The minimum absolute atomic E-state index is 0.133. The van der Waals surface area contributed by atoms with Crippen LogP contribution in [0.2, 0.25) is 0 Å². The monoisotopic (exact) mass is 402 g/mol. The maximum absolute atomic E-state index is 13.1. The molecule has 29 heavy (non-hydrogen) atoms. The third-order valence-corrected chi connectivity index (χ3v) is 4.53. The van der Waals surface area contributed by atoms with Gasteiger partial charge in [0.2, 0.25) is 5.91 Å². The summed E-state index contributed by atoms with van der Waals surface area (Å²) in [4.78, 5) is 30.9. The van der Waals surface area contributed by atoms with Gasteiger partial charge in [0.15, 0.2) is 23.0 Å². The van der Waals surface area contributed by atoms with E-state index in [9.17, 15) is 9.59 Å². The summed E-state index contributed by atoms with van der Waals surface area (Å²) < 4.78 is 24.0. The fourth-order valence-corrected chi connectivity index (χ4v) is 3.14. The zero-order valence-electron chi connectivity index (χ0n) is 16.1. The molecule has 0 fully saturated rings. The molecule has 2 amide bonds. The number of ether oxygens (including phenoxy) is 4. The predicted octanol–water partition coefficient (Wildman–Crippen LogP) is 0.823. The van der Waals surface area contributed by atoms with Gasteiger partial charge in [-0.1, -0.05) is 0 Å². The Kier molecular flexibility index (Phi) is 5.63. The zero-order valence-corrected chi connectivity index (χ0v) is 16.1. The number of carbonyl (C=O) groups is 2. The van der Waals surface area contributed by atoms with Crippen molar-refractivity contribution in [3.8, 4) is 11.5 Å². The van der Waals surface area contributed by atoms with Crippen LogP contribution in [0.15, 0.2) is 24.5 Å². The first-order chi connectivity index (χ1) is 14.1. The second-order valence-corrected chi connectivity index (χ2v) is 6.54. The van der Waals surface area contributed by atoms with Crippen LogP contribution < -0.4 is 19.7 Å². The number of imidazole rings is 1. The summed E-state index contributed by atoms with van der Waals surface area (Å²) in [7, 11) is 1.71. The summed E-state index contributed by atoms with van der Waals surface area (Å²) in [6.07, 6.45) is 1.49. The van der Waals surface area contributed by atoms with E-state index in [0.717, 1.165) is 0 Å². The van der Waals surface area contributed by atoms with Crippen molar-refractivity contribution < 1.29 is 28.5 Å². The van der Waals surface area contributed by atoms with E-state index in [2.05, 4.69) is 10.3 Å². The molecule has 3 heterocycles. The number of fused-ring (bicyclic) bond motifs is 2. The van der Waals surface area contributed by atoms with Crippen molar-refractivity contribution in [3.63, 3.8) is 0 Å². The fourth-order valence-electron chi connectivity index (χ4n) is 3.14. The van der Waals surface area contributed by atoms with Gasteiger partial charge in [-0.3, -0.25) is 14.5 Å². The van der Waals surface area contributed by atoms with Crippen LogP contribution in [-0.2, 0) is 21.3 Å². The molecule has 0 bridgehead atoms. The molecule has 1 aromatic carbocycles. The van der Waals surface area contributed by atoms with Crippen molar-refractivity contribution in [3.05, 3.63) is 30.2 Å². The van der Waals surface area contributed by atoms with Gasteiger partial charge in [-0.2, -0.15) is 0 Å². The lowest BCUT2D eigenvalue weighted by Crippen LogP contribution is -2.35. The first kappa shape index (κ1) is 19.2. The highest BCUT2D eigenvalue weighted by atomic mass is 16.6. The standard InChI is InChI=1S/C19H22N4O6/c1-22-12-20-18-17(22)19(25)23(11-16(24)21-18)13-2-3-14-15(10-13)29-9-7-27-5-4-26-6-8-28-14/h2-3,10,12H,4-9,11H2,1H3,(H,21,24). The summed E-state index contributed by atoms with van der Waals surface area (Å²) in [5, 5.41) is 2.66. The number of aromatic nitrogens is 2. The Bertz CT molecular complexity index is 912. The van der Waals surface area contributed by atoms with Gasteiger partial charge in [0.1, 0.15) is 19.8 Å². The van der Waals surface area contributed by atoms with Crippen molar-refractivity contribution in [2.24, 2.45) is 7.05 Å². The molecule has 1 N–H and O–H groups in total. The molecule has 4 rings (SSSR count). The molecular weight excluding hydrogens is 380 g/mol. The maximum atomic E-state index is 13.1. The number of nitrogens with zero attached hydrogens (tertiary/aromatic N) is 3. The quantitative estimate of drug-likeness (QED) is 0.753. The van der Waals surface area contributed by atoms with Crippen LogP contribution >= 0.6 is 0 Å². The Balaban J connectivity index is 1.64. The van der Waals surface area contributed by atoms with E-state index in [1.165, 1.54) is 11.2 Å². The van der Waals surface area contributed by atoms with E-state index in [1.807, 2.05) is 0 Å². The Morgan fingerprint density at radius 1 is 0.966 bits per heavy atom. The highest BCUT2D eigenvalue weighted by Gasteiger charge is 2.31. The number of carbonyl (C=O) groups excluding carboxylic acids is 2. The first-order valence-electron chi connectivity index (χ1n) is 9.31. The molecule has 1 aromatic heterocycles. The fraction of sp³-hybridized carbons (Fsp3) is 0.421. The second-order valence-electron chi connectivity index (χ2n) is 6.54. The highest BCUT2D eigenvalue weighted by Crippen LogP contribution is 2.34. The van der Waals surface area contributed by atoms with E-state index >= 15 is 0 Å². The Labute approximate surface area is 167 Å². The minimum atomic E-state index is -0.330. The number of hydrogen-bond acceptors (Lipinski definition) is 7. The summed E-state index contributed by atoms with van der Waals surface area (Å²) in [6.45, 7) is 2.37. The largest absolute Gasteiger partial charge is 0.487 e. The van der Waals surface area contributed by atoms with Gasteiger partial charge in [0.25, 0.3) is 5.91 Å². The minimum Gasteiger partial charge on any atom is -0.487 e. The van der Waals surface area contributed by atoms with E-state index in [0.29, 0.717) is 62.5 Å². The van der Waals surface area contributed by atoms with E-state index in [-0.39, 0.29) is 24.2 Å². The molecule has 2 aliphatic rings. The van der Waals surface area contributed by atoms with Gasteiger partial charge in [-0.15, -0.1) is 0 Å². The summed E-state index contributed by atoms with van der Waals surface area (Å²) in [5.74, 6) is 0.601. The molecular formula is C19H22N4O6. The molecule has 10 heteroatoms. The van der Waals surface area contributed by atoms with Crippen molar-refractivity contribution in [2.45, 2.75) is 0 Å². The lowest BCUT2D eigenvalue weighted by atomic mass is 10.2. The van der Waals surface area contributed by atoms with Crippen molar-refractivity contribution in [1.82, 2.24) is 9.55 Å². The van der Waals surface area contributed by atoms with Gasteiger partial charge >= 0.3 is 0 Å². The Hall–Kier alpha value is -3.11. The SMILES string of the molecule is Cn1cnc2c1C(=O)N(c1ccc3c(c1)OCCOCCOCCO3)CC(=O)N2. The Morgan fingerprint density at radius 3 is 2.41 bits per heavy atom. The summed E-state index contributed by atoms with van der Waals surface area (Å²) >= 11 is 0. The molecule has 0 spiro atoms. The summed E-state index contributed by atoms with van der Waals surface area (Å²) in [6, 6.07) is 5.13. The molecule has 2 aliphatic heterocycles. The van der Waals surface area contributed by atoms with Crippen LogP contribution in [0.5, 0.6) is 11.5 Å². The van der Waals surface area contributed by atoms with Gasteiger partial charge < -0.3 is 28.8 Å².